The highest BCUT2D eigenvalue weighted by atomic mass is 16.5. The Labute approximate surface area is 195 Å². The Morgan fingerprint density at radius 1 is 1.24 bits per heavy atom. The summed E-state index contributed by atoms with van der Waals surface area (Å²) < 4.78 is 6.54. The van der Waals surface area contributed by atoms with Gasteiger partial charge in [0.15, 0.2) is 0 Å². The second-order valence-electron chi connectivity index (χ2n) is 9.93. The second-order valence-corrected chi connectivity index (χ2v) is 9.93. The summed E-state index contributed by atoms with van der Waals surface area (Å²) in [5, 5.41) is 16.0. The Balaban J connectivity index is 1.74. The fraction of sp³-hybridized carbons (Fsp3) is 0.640. The minimum Gasteiger partial charge on any atom is -0.394 e. The predicted octanol–water partition coefficient (Wildman–Crippen LogP) is 1.22. The molecule has 1 spiro atoms. The molecule has 3 heterocycles. The average Bonchev–Trinajstić information content (AvgIpc) is 3.39. The number of carbonyl (C=O) groups excluding carboxylic acids is 3. The third-order valence-electron chi connectivity index (χ3n) is 8.15. The van der Waals surface area contributed by atoms with Gasteiger partial charge in [-0.05, 0) is 31.2 Å². The molecule has 180 valence electrons. The first-order valence-corrected chi connectivity index (χ1v) is 11.9. The van der Waals surface area contributed by atoms with Gasteiger partial charge in [-0.3, -0.25) is 14.4 Å². The molecular formula is C25H35N3O5. The van der Waals surface area contributed by atoms with Crippen molar-refractivity contribution in [1.82, 2.24) is 15.5 Å². The monoisotopic (exact) mass is 457 g/mol. The number of hydrogen-bond donors (Lipinski definition) is 3. The number of likely N-dealkylation sites (tertiary alicyclic amines) is 1. The fourth-order valence-electron chi connectivity index (χ4n) is 6.27. The van der Waals surface area contributed by atoms with Crippen LogP contribution in [-0.2, 0) is 25.7 Å². The van der Waals surface area contributed by atoms with Crippen molar-refractivity contribution in [3.05, 3.63) is 35.9 Å². The molecule has 3 aliphatic rings. The van der Waals surface area contributed by atoms with E-state index >= 15 is 0 Å². The lowest BCUT2D eigenvalue weighted by molar-refractivity contribution is -0.151. The molecule has 0 aliphatic carbocycles. The highest BCUT2D eigenvalue weighted by Gasteiger charge is 2.78. The van der Waals surface area contributed by atoms with E-state index in [4.69, 9.17) is 4.74 Å². The molecule has 1 aromatic rings. The summed E-state index contributed by atoms with van der Waals surface area (Å²) in [6.45, 7) is 5.90. The third kappa shape index (κ3) is 3.54. The van der Waals surface area contributed by atoms with Gasteiger partial charge in [0.05, 0.1) is 30.1 Å². The average molecular weight is 458 g/mol. The lowest BCUT2D eigenvalue weighted by Gasteiger charge is -2.39. The minimum absolute atomic E-state index is 0.0233. The molecule has 3 aliphatic heterocycles. The van der Waals surface area contributed by atoms with Crippen molar-refractivity contribution in [2.75, 3.05) is 13.7 Å². The van der Waals surface area contributed by atoms with Crippen LogP contribution in [-0.4, -0.2) is 64.7 Å². The summed E-state index contributed by atoms with van der Waals surface area (Å²) in [6, 6.07) is 8.14. The van der Waals surface area contributed by atoms with Crippen molar-refractivity contribution in [2.24, 2.45) is 17.8 Å². The molecule has 4 rings (SSSR count). The molecule has 33 heavy (non-hydrogen) atoms. The SMILES string of the molecule is CC[C@H](C)[C@H](CO)N1C(=O)[C@@H]2[C@@H](C(=O)NC)[C@@]3(C)CCC2(O3)C1C(=O)NCc1ccccc1. The maximum Gasteiger partial charge on any atom is 0.246 e. The van der Waals surface area contributed by atoms with E-state index in [9.17, 15) is 19.5 Å². The van der Waals surface area contributed by atoms with Crippen molar-refractivity contribution in [3.63, 3.8) is 0 Å². The van der Waals surface area contributed by atoms with E-state index in [0.29, 0.717) is 19.4 Å². The largest absolute Gasteiger partial charge is 0.394 e. The summed E-state index contributed by atoms with van der Waals surface area (Å²) in [4.78, 5) is 42.1. The molecule has 1 aromatic carbocycles. The Hall–Kier alpha value is -2.45. The van der Waals surface area contributed by atoms with Gasteiger partial charge in [0.2, 0.25) is 17.7 Å². The zero-order chi connectivity index (χ0) is 24.0. The number of aliphatic hydroxyl groups excluding tert-OH is 1. The molecule has 7 atom stereocenters. The van der Waals surface area contributed by atoms with E-state index < -0.39 is 35.1 Å². The zero-order valence-corrected chi connectivity index (χ0v) is 19.8. The van der Waals surface area contributed by atoms with Crippen LogP contribution in [0, 0.1) is 17.8 Å². The predicted molar refractivity (Wildman–Crippen MR) is 122 cm³/mol. The van der Waals surface area contributed by atoms with Gasteiger partial charge >= 0.3 is 0 Å². The van der Waals surface area contributed by atoms with E-state index in [1.165, 1.54) is 0 Å². The molecule has 3 fully saturated rings. The summed E-state index contributed by atoms with van der Waals surface area (Å²) in [6.07, 6.45) is 1.85. The number of fused-ring (bicyclic) bond motifs is 1. The summed E-state index contributed by atoms with van der Waals surface area (Å²) in [5.41, 5.74) is -0.927. The van der Waals surface area contributed by atoms with E-state index in [1.807, 2.05) is 51.1 Å². The number of hydrogen-bond acceptors (Lipinski definition) is 5. The number of aliphatic hydroxyl groups is 1. The van der Waals surface area contributed by atoms with Crippen molar-refractivity contribution in [1.29, 1.82) is 0 Å². The van der Waals surface area contributed by atoms with Gasteiger partial charge in [0, 0.05) is 13.6 Å². The Morgan fingerprint density at radius 2 is 1.94 bits per heavy atom. The van der Waals surface area contributed by atoms with Gasteiger partial charge in [-0.25, -0.2) is 0 Å². The molecule has 0 saturated carbocycles. The smallest absolute Gasteiger partial charge is 0.246 e. The van der Waals surface area contributed by atoms with Crippen LogP contribution >= 0.6 is 0 Å². The summed E-state index contributed by atoms with van der Waals surface area (Å²) in [7, 11) is 1.56. The molecule has 3 amide bonds. The Morgan fingerprint density at radius 3 is 2.55 bits per heavy atom. The molecule has 3 N–H and O–H groups in total. The van der Waals surface area contributed by atoms with Gasteiger partial charge < -0.3 is 25.4 Å². The van der Waals surface area contributed by atoms with Crippen LogP contribution in [0.15, 0.2) is 30.3 Å². The zero-order valence-electron chi connectivity index (χ0n) is 19.8. The normalized spacial score (nSPS) is 34.2. The van der Waals surface area contributed by atoms with Crippen LogP contribution in [0.5, 0.6) is 0 Å². The Kier molecular flexibility index (Phi) is 6.26. The number of nitrogens with one attached hydrogen (secondary N) is 2. The number of nitrogens with zero attached hydrogens (tertiary/aromatic N) is 1. The first-order chi connectivity index (χ1) is 15.7. The second kappa shape index (κ2) is 8.72. The maximum atomic E-state index is 13.9. The highest BCUT2D eigenvalue weighted by Crippen LogP contribution is 2.63. The van der Waals surface area contributed by atoms with Gasteiger partial charge in [-0.2, -0.15) is 0 Å². The fourth-order valence-corrected chi connectivity index (χ4v) is 6.27. The van der Waals surface area contributed by atoms with E-state index in [2.05, 4.69) is 10.6 Å². The summed E-state index contributed by atoms with van der Waals surface area (Å²) in [5.74, 6) is -2.27. The van der Waals surface area contributed by atoms with Crippen molar-refractivity contribution in [2.45, 2.75) is 69.9 Å². The molecule has 2 unspecified atom stereocenters. The van der Waals surface area contributed by atoms with E-state index in [0.717, 1.165) is 12.0 Å². The first kappa shape index (κ1) is 23.7. The number of carbonyl (C=O) groups is 3. The topological polar surface area (TPSA) is 108 Å². The quantitative estimate of drug-likeness (QED) is 0.544. The van der Waals surface area contributed by atoms with Crippen LogP contribution < -0.4 is 10.6 Å². The number of rotatable bonds is 8. The number of ether oxygens (including phenoxy) is 1. The molecule has 8 nitrogen and oxygen atoms in total. The summed E-state index contributed by atoms with van der Waals surface area (Å²) >= 11 is 0. The van der Waals surface area contributed by atoms with E-state index in [-0.39, 0.29) is 30.2 Å². The van der Waals surface area contributed by atoms with Crippen molar-refractivity contribution >= 4 is 17.7 Å². The molecule has 3 saturated heterocycles. The molecule has 0 radical (unpaired) electrons. The van der Waals surface area contributed by atoms with E-state index in [1.54, 1.807) is 11.9 Å². The third-order valence-corrected chi connectivity index (χ3v) is 8.15. The minimum atomic E-state index is -1.08. The van der Waals surface area contributed by atoms with Gasteiger partial charge in [0.25, 0.3) is 0 Å². The standard InChI is InChI=1S/C25H35N3O5/c1-5-15(2)17(14-29)28-20(22(31)27-13-16-9-7-6-8-10-16)25-12-11-24(3,33-25)18(21(30)26-4)19(25)23(28)32/h6-10,15,17-20,29H,5,11-14H2,1-4H3,(H,26,30)(H,27,31)/t15-,17-,18-,19-,20?,24+,25?/m0/s1. The lowest BCUT2D eigenvalue weighted by atomic mass is 9.66. The molecule has 0 aromatic heterocycles. The van der Waals surface area contributed by atoms with Crippen LogP contribution in [0.25, 0.3) is 0 Å². The first-order valence-electron chi connectivity index (χ1n) is 11.9. The van der Waals surface area contributed by atoms with Crippen LogP contribution in [0.4, 0.5) is 0 Å². The van der Waals surface area contributed by atoms with Crippen LogP contribution in [0.3, 0.4) is 0 Å². The van der Waals surface area contributed by atoms with Crippen molar-refractivity contribution in [3.8, 4) is 0 Å². The molecule has 2 bridgehead atoms. The van der Waals surface area contributed by atoms with Gasteiger partial charge in [0.1, 0.15) is 11.6 Å². The maximum absolute atomic E-state index is 13.9. The van der Waals surface area contributed by atoms with Gasteiger partial charge in [-0.1, -0.05) is 50.6 Å². The number of amides is 3. The lowest BCUT2D eigenvalue weighted by Crippen LogP contribution is -2.59. The molecule has 8 heteroatoms. The Bertz CT molecular complexity index is 924. The number of benzene rings is 1. The van der Waals surface area contributed by atoms with Crippen LogP contribution in [0.1, 0.15) is 45.6 Å². The van der Waals surface area contributed by atoms with Crippen LogP contribution in [0.2, 0.25) is 0 Å². The molecular weight excluding hydrogens is 422 g/mol. The van der Waals surface area contributed by atoms with Gasteiger partial charge in [-0.15, -0.1) is 0 Å². The van der Waals surface area contributed by atoms with Crippen molar-refractivity contribution < 1.29 is 24.2 Å². The highest BCUT2D eigenvalue weighted by molar-refractivity contribution is 5.99.